The Morgan fingerprint density at radius 1 is 1.44 bits per heavy atom. The monoisotopic (exact) mass is 183 g/mol. The number of rotatable bonds is 0. The van der Waals surface area contributed by atoms with Crippen molar-refractivity contribution < 1.29 is 47.1 Å². The summed E-state index contributed by atoms with van der Waals surface area (Å²) in [4.78, 5) is 0. The Hall–Kier alpha value is 1.16. The maximum Gasteiger partial charge on any atom is 1.00 e. The molecule has 0 aliphatic rings. The third-order valence-electron chi connectivity index (χ3n) is 0. The van der Waals surface area contributed by atoms with E-state index < -0.39 is 10.4 Å². The molecule has 0 atom stereocenters. The van der Waals surface area contributed by atoms with Crippen LogP contribution >= 0.6 is 11.6 Å². The van der Waals surface area contributed by atoms with Crippen molar-refractivity contribution in [3.05, 3.63) is 0 Å². The minimum Gasteiger partial charge on any atom is -0.759 e. The van der Waals surface area contributed by atoms with Gasteiger partial charge >= 0.3 is 29.6 Å². The quantitative estimate of drug-likeness (QED) is 0.173. The van der Waals surface area contributed by atoms with Crippen LogP contribution < -0.4 is 29.6 Å². The predicted molar refractivity (Wildman–Crippen MR) is 26.9 cm³/mol. The van der Waals surface area contributed by atoms with Gasteiger partial charge in [-0.25, -0.2) is 0 Å². The van der Waals surface area contributed by atoms with Crippen LogP contribution in [0.25, 0.3) is 0 Å². The molecule has 52 valence electrons. The Morgan fingerprint density at radius 3 is 1.44 bits per heavy atom. The SMILES string of the molecule is CCCl.O=S(=O)([O-])[O-].[Na+]. The molecule has 0 rings (SSSR count). The van der Waals surface area contributed by atoms with Gasteiger partial charge in [-0.05, 0) is 0 Å². The minimum atomic E-state index is -5.17. The summed E-state index contributed by atoms with van der Waals surface area (Å²) < 4.78 is 34.1. The second-order valence-corrected chi connectivity index (χ2v) is 2.03. The van der Waals surface area contributed by atoms with E-state index in [1.165, 1.54) is 0 Å². The van der Waals surface area contributed by atoms with Crippen LogP contribution in [0.4, 0.5) is 0 Å². The van der Waals surface area contributed by atoms with E-state index in [1.807, 2.05) is 6.92 Å². The maximum absolute atomic E-state index is 8.52. The molecule has 0 spiro atoms. The summed E-state index contributed by atoms with van der Waals surface area (Å²) in [5.41, 5.74) is 0. The first-order valence-corrected chi connectivity index (χ1v) is 3.51. The number of hydrogen-bond acceptors (Lipinski definition) is 4. The summed E-state index contributed by atoms with van der Waals surface area (Å²) in [6, 6.07) is 0. The van der Waals surface area contributed by atoms with Gasteiger partial charge < -0.3 is 9.11 Å². The van der Waals surface area contributed by atoms with Gasteiger partial charge in [0, 0.05) is 16.3 Å². The van der Waals surface area contributed by atoms with Gasteiger partial charge in [0.15, 0.2) is 0 Å². The van der Waals surface area contributed by atoms with Crippen molar-refractivity contribution in [2.45, 2.75) is 6.92 Å². The molecule has 9 heavy (non-hydrogen) atoms. The molecule has 0 unspecified atom stereocenters. The molecular formula is C2H5ClNaO4S-. The zero-order valence-electron chi connectivity index (χ0n) is 5.13. The van der Waals surface area contributed by atoms with E-state index in [2.05, 4.69) is 0 Å². The predicted octanol–water partition coefficient (Wildman–Crippen LogP) is -3.09. The molecule has 4 nitrogen and oxygen atoms in total. The third-order valence-corrected chi connectivity index (χ3v) is 0. The summed E-state index contributed by atoms with van der Waals surface area (Å²) in [7, 11) is -5.17. The largest absolute Gasteiger partial charge is 1.00 e. The Morgan fingerprint density at radius 2 is 1.44 bits per heavy atom. The molecule has 0 aromatic heterocycles. The van der Waals surface area contributed by atoms with Gasteiger partial charge in [-0.1, -0.05) is 6.92 Å². The van der Waals surface area contributed by atoms with Crippen molar-refractivity contribution in [3.63, 3.8) is 0 Å². The molecule has 0 aliphatic heterocycles. The Kier molecular flexibility index (Phi) is 16.9. The normalized spacial score (nSPS) is 8.44. The van der Waals surface area contributed by atoms with Crippen molar-refractivity contribution in [3.8, 4) is 0 Å². The minimum absolute atomic E-state index is 0. The van der Waals surface area contributed by atoms with Crippen LogP contribution in [0.2, 0.25) is 0 Å². The molecule has 0 heterocycles. The molecule has 0 aliphatic carbocycles. The average Bonchev–Trinajstić information content (AvgIpc) is 1.27. The summed E-state index contributed by atoms with van der Waals surface area (Å²) in [5, 5.41) is 0. The topological polar surface area (TPSA) is 80.3 Å². The zero-order chi connectivity index (χ0) is 7.21. The first-order valence-electron chi connectivity index (χ1n) is 1.64. The van der Waals surface area contributed by atoms with Gasteiger partial charge in [-0.2, -0.15) is 0 Å². The van der Waals surface area contributed by atoms with Gasteiger partial charge in [-0.15, -0.1) is 11.6 Å². The van der Waals surface area contributed by atoms with E-state index in [4.69, 9.17) is 29.1 Å². The Bertz CT molecular complexity index is 113. The fourth-order valence-electron chi connectivity index (χ4n) is 0. The fourth-order valence-corrected chi connectivity index (χ4v) is 0. The fraction of sp³-hybridized carbons (Fsp3) is 1.00. The summed E-state index contributed by atoms with van der Waals surface area (Å²) >= 11 is 5.00. The van der Waals surface area contributed by atoms with Crippen LogP contribution in [0.1, 0.15) is 6.92 Å². The van der Waals surface area contributed by atoms with Gasteiger partial charge in [-0.3, -0.25) is 8.42 Å². The molecule has 0 amide bonds. The van der Waals surface area contributed by atoms with Gasteiger partial charge in [0.25, 0.3) is 0 Å². The zero-order valence-corrected chi connectivity index (χ0v) is 8.70. The summed E-state index contributed by atoms with van der Waals surface area (Å²) in [6.07, 6.45) is 0. The van der Waals surface area contributed by atoms with Crippen molar-refractivity contribution in [2.75, 3.05) is 5.88 Å². The number of alkyl halides is 1. The van der Waals surface area contributed by atoms with Crippen LogP contribution in [0, 0.1) is 0 Å². The maximum atomic E-state index is 8.52. The first kappa shape index (κ1) is 16.6. The Balaban J connectivity index is -0.0000000800. The molecule has 0 bridgehead atoms. The van der Waals surface area contributed by atoms with E-state index in [-0.39, 0.29) is 29.6 Å². The second kappa shape index (κ2) is 9.16. The first-order chi connectivity index (χ1) is 3.41. The third kappa shape index (κ3) is 349. The molecule has 7 heteroatoms. The summed E-state index contributed by atoms with van der Waals surface area (Å²) in [6.45, 7) is 1.89. The van der Waals surface area contributed by atoms with Crippen molar-refractivity contribution in [1.29, 1.82) is 0 Å². The van der Waals surface area contributed by atoms with Gasteiger partial charge in [0.1, 0.15) is 0 Å². The van der Waals surface area contributed by atoms with Crippen molar-refractivity contribution in [2.24, 2.45) is 0 Å². The van der Waals surface area contributed by atoms with Crippen molar-refractivity contribution in [1.82, 2.24) is 0 Å². The van der Waals surface area contributed by atoms with Gasteiger partial charge in [0.2, 0.25) is 0 Å². The van der Waals surface area contributed by atoms with E-state index in [1.54, 1.807) is 0 Å². The van der Waals surface area contributed by atoms with E-state index in [9.17, 15) is 0 Å². The van der Waals surface area contributed by atoms with Crippen LogP contribution in [0.3, 0.4) is 0 Å². The molecule has 0 aromatic rings. The van der Waals surface area contributed by atoms with Crippen LogP contribution in [0.5, 0.6) is 0 Å². The van der Waals surface area contributed by atoms with Gasteiger partial charge in [0.05, 0.1) is 0 Å². The van der Waals surface area contributed by atoms with Crippen molar-refractivity contribution >= 4 is 22.0 Å². The molecule has 0 radical (unpaired) electrons. The number of hydrogen-bond donors (Lipinski definition) is 0. The molecule has 0 saturated carbocycles. The molecule has 0 saturated heterocycles. The van der Waals surface area contributed by atoms with Crippen LogP contribution in [-0.4, -0.2) is 23.4 Å². The molecule has 0 N–H and O–H groups in total. The molecule has 0 aromatic carbocycles. The number of halogens is 1. The van der Waals surface area contributed by atoms with E-state index in [0.717, 1.165) is 5.88 Å². The standard InChI is InChI=1S/C2H5Cl.Na.H2O4S/c1-2-3;;1-5(2,3)4/h2H2,1H3;;(H2,1,2,3,4)/q;+1;/p-2. The second-order valence-electron chi connectivity index (χ2n) is 0.676. The van der Waals surface area contributed by atoms with E-state index in [0.29, 0.717) is 0 Å². The van der Waals surface area contributed by atoms with Crippen LogP contribution in [0.15, 0.2) is 0 Å². The average molecular weight is 184 g/mol. The molecule has 0 fully saturated rings. The van der Waals surface area contributed by atoms with Crippen LogP contribution in [-0.2, 0) is 10.4 Å². The molecular weight excluding hydrogens is 179 g/mol. The summed E-state index contributed by atoms with van der Waals surface area (Å²) in [5.74, 6) is 0.722. The van der Waals surface area contributed by atoms with E-state index >= 15 is 0 Å². The Labute approximate surface area is 81.5 Å². The smallest absolute Gasteiger partial charge is 0.759 e.